The number of nitrogens with two attached hydrogens (primary N) is 1. The summed E-state index contributed by atoms with van der Waals surface area (Å²) in [7, 11) is 3.44. The molecule has 0 radical (unpaired) electrons. The molecule has 0 aliphatic heterocycles. The van der Waals surface area contributed by atoms with Gasteiger partial charge in [0.05, 0.1) is 7.11 Å². The van der Waals surface area contributed by atoms with Crippen molar-refractivity contribution in [1.82, 2.24) is 4.90 Å². The van der Waals surface area contributed by atoms with Crippen molar-refractivity contribution in [3.63, 3.8) is 0 Å². The molecule has 1 aromatic carbocycles. The number of hydrogen-bond donors (Lipinski definition) is 2. The minimum absolute atomic E-state index is 0.299. The van der Waals surface area contributed by atoms with E-state index in [1.165, 1.54) is 0 Å². The Bertz CT molecular complexity index is 382. The summed E-state index contributed by atoms with van der Waals surface area (Å²) in [6.07, 6.45) is 0. The highest BCUT2D eigenvalue weighted by Crippen LogP contribution is 2.18. The molecule has 3 N–H and O–H groups in total. The van der Waals surface area contributed by atoms with E-state index in [0.29, 0.717) is 13.1 Å². The Morgan fingerprint density at radius 1 is 1.53 bits per heavy atom. The topological polar surface area (TPSA) is 75.8 Å². The SMILES string of the molecule is COc1ccccc1CN(C)CC(N)C(=O)O. The molecule has 1 rings (SSSR count). The molecule has 1 atom stereocenters. The molecule has 0 saturated carbocycles. The van der Waals surface area contributed by atoms with Crippen LogP contribution in [0.4, 0.5) is 0 Å². The van der Waals surface area contributed by atoms with Gasteiger partial charge in [0.25, 0.3) is 0 Å². The van der Waals surface area contributed by atoms with Crippen LogP contribution in [0.3, 0.4) is 0 Å². The summed E-state index contributed by atoms with van der Waals surface area (Å²) in [5, 5.41) is 8.72. The van der Waals surface area contributed by atoms with Crippen LogP contribution >= 0.6 is 0 Å². The Kier molecular flexibility index (Phi) is 4.93. The average molecular weight is 238 g/mol. The van der Waals surface area contributed by atoms with Crippen LogP contribution in [0.5, 0.6) is 5.75 Å². The summed E-state index contributed by atoms with van der Waals surface area (Å²) < 4.78 is 5.22. The van der Waals surface area contributed by atoms with Gasteiger partial charge < -0.3 is 15.6 Å². The number of carboxylic acids is 1. The number of methoxy groups -OCH3 is 1. The fourth-order valence-electron chi connectivity index (χ4n) is 1.60. The summed E-state index contributed by atoms with van der Waals surface area (Å²) in [5.41, 5.74) is 6.48. The number of ether oxygens (including phenoxy) is 1. The zero-order valence-electron chi connectivity index (χ0n) is 10.1. The first-order valence-electron chi connectivity index (χ1n) is 5.33. The van der Waals surface area contributed by atoms with Crippen molar-refractivity contribution in [2.45, 2.75) is 12.6 Å². The summed E-state index contributed by atoms with van der Waals surface area (Å²) in [4.78, 5) is 12.5. The average Bonchev–Trinajstić information content (AvgIpc) is 2.29. The van der Waals surface area contributed by atoms with Crippen LogP contribution in [0.25, 0.3) is 0 Å². The number of hydrogen-bond acceptors (Lipinski definition) is 4. The maximum atomic E-state index is 10.6. The van der Waals surface area contributed by atoms with E-state index in [9.17, 15) is 4.79 Å². The fraction of sp³-hybridized carbons (Fsp3) is 0.417. The summed E-state index contributed by atoms with van der Waals surface area (Å²) in [5.74, 6) is -0.194. The minimum Gasteiger partial charge on any atom is -0.496 e. The van der Waals surface area contributed by atoms with E-state index >= 15 is 0 Å². The largest absolute Gasteiger partial charge is 0.496 e. The molecule has 1 aromatic rings. The van der Waals surface area contributed by atoms with E-state index in [1.807, 2.05) is 36.2 Å². The minimum atomic E-state index is -0.989. The highest BCUT2D eigenvalue weighted by Gasteiger charge is 2.15. The maximum Gasteiger partial charge on any atom is 0.321 e. The van der Waals surface area contributed by atoms with Crippen LogP contribution in [0.2, 0.25) is 0 Å². The van der Waals surface area contributed by atoms with Gasteiger partial charge in [-0.2, -0.15) is 0 Å². The van der Waals surface area contributed by atoms with Gasteiger partial charge in [0, 0.05) is 18.7 Å². The highest BCUT2D eigenvalue weighted by molar-refractivity contribution is 5.73. The van der Waals surface area contributed by atoms with Gasteiger partial charge in [0.2, 0.25) is 0 Å². The standard InChI is InChI=1S/C12H18N2O3/c1-14(8-10(13)12(15)16)7-9-5-3-4-6-11(9)17-2/h3-6,10H,7-8,13H2,1-2H3,(H,15,16). The van der Waals surface area contributed by atoms with Crippen molar-refractivity contribution in [2.75, 3.05) is 20.7 Å². The van der Waals surface area contributed by atoms with Gasteiger partial charge >= 0.3 is 5.97 Å². The lowest BCUT2D eigenvalue weighted by Gasteiger charge is -2.20. The first-order chi connectivity index (χ1) is 8.04. The number of carbonyl (C=O) groups is 1. The van der Waals surface area contributed by atoms with Gasteiger partial charge in [0.1, 0.15) is 11.8 Å². The lowest BCUT2D eigenvalue weighted by atomic mass is 10.2. The molecule has 0 amide bonds. The highest BCUT2D eigenvalue weighted by atomic mass is 16.5. The van der Waals surface area contributed by atoms with Crippen molar-refractivity contribution in [3.8, 4) is 5.75 Å². The zero-order valence-corrected chi connectivity index (χ0v) is 10.1. The maximum absolute atomic E-state index is 10.6. The van der Waals surface area contributed by atoms with E-state index < -0.39 is 12.0 Å². The summed E-state index contributed by atoms with van der Waals surface area (Å²) >= 11 is 0. The third-order valence-corrected chi connectivity index (χ3v) is 2.46. The molecule has 0 saturated heterocycles. The van der Waals surface area contributed by atoms with Crippen LogP contribution in [0.15, 0.2) is 24.3 Å². The van der Waals surface area contributed by atoms with Crippen LogP contribution in [-0.2, 0) is 11.3 Å². The Labute approximate surface area is 101 Å². The van der Waals surface area contributed by atoms with Crippen LogP contribution < -0.4 is 10.5 Å². The van der Waals surface area contributed by atoms with Crippen molar-refractivity contribution in [1.29, 1.82) is 0 Å². The van der Waals surface area contributed by atoms with Crippen molar-refractivity contribution < 1.29 is 14.6 Å². The van der Waals surface area contributed by atoms with E-state index in [4.69, 9.17) is 15.6 Å². The second-order valence-corrected chi connectivity index (χ2v) is 3.95. The Balaban J connectivity index is 2.61. The zero-order chi connectivity index (χ0) is 12.8. The van der Waals surface area contributed by atoms with Gasteiger partial charge in [-0.1, -0.05) is 18.2 Å². The van der Waals surface area contributed by atoms with E-state index in [0.717, 1.165) is 11.3 Å². The second kappa shape index (κ2) is 6.22. The van der Waals surface area contributed by atoms with E-state index in [-0.39, 0.29) is 0 Å². The van der Waals surface area contributed by atoms with Gasteiger partial charge in [-0.25, -0.2) is 0 Å². The first-order valence-corrected chi connectivity index (χ1v) is 5.33. The smallest absolute Gasteiger partial charge is 0.321 e. The number of carboxylic acid groups (broad SMARTS) is 1. The Hall–Kier alpha value is -1.59. The van der Waals surface area contributed by atoms with Crippen molar-refractivity contribution >= 4 is 5.97 Å². The number of nitrogens with zero attached hydrogens (tertiary/aromatic N) is 1. The molecular formula is C12H18N2O3. The fourth-order valence-corrected chi connectivity index (χ4v) is 1.60. The predicted octanol–water partition coefficient (Wildman–Crippen LogP) is 0.539. The monoisotopic (exact) mass is 238 g/mol. The normalized spacial score (nSPS) is 12.5. The van der Waals surface area contributed by atoms with Crippen molar-refractivity contribution in [2.24, 2.45) is 5.73 Å². The molecule has 0 aromatic heterocycles. The molecule has 0 heterocycles. The van der Waals surface area contributed by atoms with Gasteiger partial charge in [0.15, 0.2) is 0 Å². The lowest BCUT2D eigenvalue weighted by Crippen LogP contribution is -2.40. The van der Waals surface area contributed by atoms with Gasteiger partial charge in [-0.3, -0.25) is 9.69 Å². The molecule has 1 unspecified atom stereocenters. The molecular weight excluding hydrogens is 220 g/mol. The van der Waals surface area contributed by atoms with Crippen molar-refractivity contribution in [3.05, 3.63) is 29.8 Å². The Morgan fingerprint density at radius 2 is 2.18 bits per heavy atom. The first kappa shape index (κ1) is 13.5. The molecule has 0 aliphatic carbocycles. The molecule has 0 aliphatic rings. The number of aliphatic carboxylic acids is 1. The van der Waals surface area contributed by atoms with Gasteiger partial charge in [-0.15, -0.1) is 0 Å². The number of para-hydroxylation sites is 1. The molecule has 5 heteroatoms. The number of likely N-dealkylation sites (N-methyl/N-ethyl adjacent to an activating group) is 1. The summed E-state index contributed by atoms with van der Waals surface area (Å²) in [6.45, 7) is 0.901. The summed E-state index contributed by atoms with van der Waals surface area (Å²) in [6, 6.07) is 6.77. The molecule has 17 heavy (non-hydrogen) atoms. The quantitative estimate of drug-likeness (QED) is 0.756. The Morgan fingerprint density at radius 3 is 2.76 bits per heavy atom. The number of benzene rings is 1. The van der Waals surface area contributed by atoms with E-state index in [2.05, 4.69) is 0 Å². The van der Waals surface area contributed by atoms with Crippen LogP contribution in [0.1, 0.15) is 5.56 Å². The molecule has 5 nitrogen and oxygen atoms in total. The predicted molar refractivity (Wildman–Crippen MR) is 64.9 cm³/mol. The number of rotatable bonds is 6. The van der Waals surface area contributed by atoms with E-state index in [1.54, 1.807) is 7.11 Å². The molecule has 0 fully saturated rings. The third-order valence-electron chi connectivity index (χ3n) is 2.46. The molecule has 94 valence electrons. The van der Waals surface area contributed by atoms with Crippen LogP contribution in [0, 0.1) is 0 Å². The lowest BCUT2D eigenvalue weighted by molar-refractivity contribution is -0.138. The molecule has 0 spiro atoms. The second-order valence-electron chi connectivity index (χ2n) is 3.95. The van der Waals surface area contributed by atoms with Gasteiger partial charge in [-0.05, 0) is 13.1 Å². The van der Waals surface area contributed by atoms with Crippen LogP contribution in [-0.4, -0.2) is 42.7 Å². The molecule has 0 bridgehead atoms. The third kappa shape index (κ3) is 4.05.